The van der Waals surface area contributed by atoms with Crippen LogP contribution in [0.25, 0.3) is 0 Å². The molecule has 1 aromatic carbocycles. The van der Waals surface area contributed by atoms with E-state index in [1.807, 2.05) is 11.8 Å². The van der Waals surface area contributed by atoms with Crippen molar-refractivity contribution in [3.8, 4) is 0 Å². The smallest absolute Gasteiger partial charge is 0.0246 e. The van der Waals surface area contributed by atoms with Crippen LogP contribution in [0.5, 0.6) is 0 Å². The first-order valence-electron chi connectivity index (χ1n) is 6.24. The fraction of sp³-hybridized carbons (Fsp3) is 0.571. The molecular weight excluding hydrogens is 214 g/mol. The van der Waals surface area contributed by atoms with Crippen LogP contribution in [0.3, 0.4) is 0 Å². The van der Waals surface area contributed by atoms with Crippen molar-refractivity contribution < 1.29 is 0 Å². The molecule has 0 aromatic heterocycles. The fourth-order valence-corrected chi connectivity index (χ4v) is 3.48. The van der Waals surface area contributed by atoms with E-state index in [4.69, 9.17) is 5.73 Å². The van der Waals surface area contributed by atoms with E-state index < -0.39 is 0 Å². The average Bonchev–Trinajstić information content (AvgIpc) is 2.48. The van der Waals surface area contributed by atoms with Gasteiger partial charge in [-0.05, 0) is 31.9 Å². The molecule has 0 saturated heterocycles. The zero-order valence-corrected chi connectivity index (χ0v) is 10.8. The second kappa shape index (κ2) is 5.74. The standard InChI is InChI=1S/C14H21NS/c1-11-7-9-12(10-8-11)16-14-6-4-2-3-5-13(14)15/h7-10,13-14H,2-6,15H2,1H3. The van der Waals surface area contributed by atoms with Gasteiger partial charge in [-0.25, -0.2) is 0 Å². The summed E-state index contributed by atoms with van der Waals surface area (Å²) >= 11 is 1.97. The van der Waals surface area contributed by atoms with Crippen LogP contribution in [0.2, 0.25) is 0 Å². The number of nitrogens with two attached hydrogens (primary N) is 1. The molecule has 1 aliphatic rings. The molecule has 0 spiro atoms. The maximum absolute atomic E-state index is 6.24. The minimum absolute atomic E-state index is 0.383. The van der Waals surface area contributed by atoms with Crippen molar-refractivity contribution in [3.63, 3.8) is 0 Å². The second-order valence-corrected chi connectivity index (χ2v) is 6.08. The molecule has 0 aliphatic heterocycles. The quantitative estimate of drug-likeness (QED) is 0.790. The van der Waals surface area contributed by atoms with E-state index >= 15 is 0 Å². The van der Waals surface area contributed by atoms with Gasteiger partial charge in [0.05, 0.1) is 0 Å². The predicted octanol–water partition coefficient (Wildman–Crippen LogP) is 3.75. The Bertz CT molecular complexity index is 320. The van der Waals surface area contributed by atoms with Crippen molar-refractivity contribution in [2.75, 3.05) is 0 Å². The molecule has 0 amide bonds. The topological polar surface area (TPSA) is 26.0 Å². The number of aryl methyl sites for hydroxylation is 1. The molecule has 2 unspecified atom stereocenters. The molecule has 1 nitrogen and oxygen atoms in total. The third-order valence-electron chi connectivity index (χ3n) is 3.31. The average molecular weight is 235 g/mol. The summed E-state index contributed by atoms with van der Waals surface area (Å²) in [5.74, 6) is 0. The van der Waals surface area contributed by atoms with Crippen LogP contribution < -0.4 is 5.73 Å². The molecule has 0 bridgehead atoms. The summed E-state index contributed by atoms with van der Waals surface area (Å²) in [5, 5.41) is 0.616. The van der Waals surface area contributed by atoms with Gasteiger partial charge in [0, 0.05) is 16.2 Å². The first kappa shape index (κ1) is 12.0. The third kappa shape index (κ3) is 3.26. The summed E-state index contributed by atoms with van der Waals surface area (Å²) in [6.45, 7) is 2.13. The number of rotatable bonds is 2. The minimum Gasteiger partial charge on any atom is -0.327 e. The van der Waals surface area contributed by atoms with Crippen molar-refractivity contribution in [3.05, 3.63) is 29.8 Å². The molecule has 1 aliphatic carbocycles. The highest BCUT2D eigenvalue weighted by Crippen LogP contribution is 2.32. The monoisotopic (exact) mass is 235 g/mol. The van der Waals surface area contributed by atoms with Gasteiger partial charge in [-0.15, -0.1) is 11.8 Å². The van der Waals surface area contributed by atoms with Crippen LogP contribution in [0.15, 0.2) is 29.2 Å². The lowest BCUT2D eigenvalue weighted by Crippen LogP contribution is -2.31. The van der Waals surface area contributed by atoms with Crippen LogP contribution in [0.4, 0.5) is 0 Å². The Kier molecular flexibility index (Phi) is 4.30. The highest BCUT2D eigenvalue weighted by molar-refractivity contribution is 8.00. The van der Waals surface area contributed by atoms with Crippen LogP contribution in [0, 0.1) is 6.92 Å². The van der Waals surface area contributed by atoms with E-state index in [-0.39, 0.29) is 0 Å². The molecule has 0 radical (unpaired) electrons. The molecule has 16 heavy (non-hydrogen) atoms. The molecule has 1 aromatic rings. The number of benzene rings is 1. The van der Waals surface area contributed by atoms with Gasteiger partial charge in [-0.1, -0.05) is 37.0 Å². The van der Waals surface area contributed by atoms with E-state index in [0.717, 1.165) is 0 Å². The van der Waals surface area contributed by atoms with Crippen molar-refractivity contribution in [2.45, 2.75) is 55.2 Å². The summed E-state index contributed by atoms with van der Waals surface area (Å²) in [4.78, 5) is 1.37. The predicted molar refractivity (Wildman–Crippen MR) is 71.9 cm³/mol. The van der Waals surface area contributed by atoms with E-state index in [1.165, 1.54) is 42.6 Å². The molecule has 2 rings (SSSR count). The fourth-order valence-electron chi connectivity index (χ4n) is 2.24. The molecule has 1 saturated carbocycles. The van der Waals surface area contributed by atoms with E-state index in [1.54, 1.807) is 0 Å². The Hall–Kier alpha value is -0.470. The van der Waals surface area contributed by atoms with Gasteiger partial charge >= 0.3 is 0 Å². The van der Waals surface area contributed by atoms with Gasteiger partial charge in [0.25, 0.3) is 0 Å². The van der Waals surface area contributed by atoms with Gasteiger partial charge in [0.15, 0.2) is 0 Å². The highest BCUT2D eigenvalue weighted by atomic mass is 32.2. The molecule has 88 valence electrons. The first-order valence-corrected chi connectivity index (χ1v) is 7.12. The maximum atomic E-state index is 6.24. The summed E-state index contributed by atoms with van der Waals surface area (Å²) < 4.78 is 0. The van der Waals surface area contributed by atoms with Crippen LogP contribution in [-0.4, -0.2) is 11.3 Å². The summed E-state index contributed by atoms with van der Waals surface area (Å²) in [6.07, 6.45) is 6.49. The Labute approximate surface area is 103 Å². The molecule has 2 heteroatoms. The van der Waals surface area contributed by atoms with Crippen molar-refractivity contribution in [2.24, 2.45) is 5.73 Å². The van der Waals surface area contributed by atoms with Crippen molar-refractivity contribution in [1.29, 1.82) is 0 Å². The molecule has 0 heterocycles. The Balaban J connectivity index is 1.99. The zero-order valence-electron chi connectivity index (χ0n) is 9.99. The van der Waals surface area contributed by atoms with E-state index in [0.29, 0.717) is 11.3 Å². The molecule has 2 N–H and O–H groups in total. The highest BCUT2D eigenvalue weighted by Gasteiger charge is 2.21. The number of thioether (sulfide) groups is 1. The Morgan fingerprint density at radius 2 is 1.75 bits per heavy atom. The van der Waals surface area contributed by atoms with Gasteiger partial charge in [-0.2, -0.15) is 0 Å². The molecular formula is C14H21NS. The van der Waals surface area contributed by atoms with Gasteiger partial charge in [0.1, 0.15) is 0 Å². The Morgan fingerprint density at radius 3 is 2.50 bits per heavy atom. The molecule has 2 atom stereocenters. The lowest BCUT2D eigenvalue weighted by Gasteiger charge is -2.20. The van der Waals surface area contributed by atoms with Crippen molar-refractivity contribution >= 4 is 11.8 Å². The number of hydrogen-bond donors (Lipinski definition) is 1. The third-order valence-corrected chi connectivity index (χ3v) is 4.74. The summed E-state index contributed by atoms with van der Waals surface area (Å²) in [6, 6.07) is 9.19. The van der Waals surface area contributed by atoms with Crippen LogP contribution in [0.1, 0.15) is 37.7 Å². The largest absolute Gasteiger partial charge is 0.327 e. The minimum atomic E-state index is 0.383. The van der Waals surface area contributed by atoms with Gasteiger partial charge in [0.2, 0.25) is 0 Å². The summed E-state index contributed by atoms with van der Waals surface area (Å²) in [7, 11) is 0. The van der Waals surface area contributed by atoms with Gasteiger partial charge in [-0.3, -0.25) is 0 Å². The Morgan fingerprint density at radius 1 is 1.06 bits per heavy atom. The lowest BCUT2D eigenvalue weighted by molar-refractivity contribution is 0.596. The first-order chi connectivity index (χ1) is 7.75. The zero-order chi connectivity index (χ0) is 11.4. The van der Waals surface area contributed by atoms with Crippen LogP contribution in [-0.2, 0) is 0 Å². The van der Waals surface area contributed by atoms with Crippen molar-refractivity contribution in [1.82, 2.24) is 0 Å². The van der Waals surface area contributed by atoms with Gasteiger partial charge < -0.3 is 5.73 Å². The molecule has 1 fully saturated rings. The van der Waals surface area contributed by atoms with Crippen LogP contribution >= 0.6 is 11.8 Å². The second-order valence-electron chi connectivity index (χ2n) is 4.77. The van der Waals surface area contributed by atoms with E-state index in [9.17, 15) is 0 Å². The normalized spacial score (nSPS) is 26.4. The number of hydrogen-bond acceptors (Lipinski definition) is 2. The SMILES string of the molecule is Cc1ccc(SC2CCCCCC2N)cc1. The maximum Gasteiger partial charge on any atom is 0.0246 e. The summed E-state index contributed by atoms with van der Waals surface area (Å²) in [5.41, 5.74) is 7.56. The lowest BCUT2D eigenvalue weighted by atomic mass is 10.1. The van der Waals surface area contributed by atoms with E-state index in [2.05, 4.69) is 31.2 Å².